The van der Waals surface area contributed by atoms with Gasteiger partial charge in [0.15, 0.2) is 0 Å². The van der Waals surface area contributed by atoms with E-state index in [9.17, 15) is 8.42 Å². The molecule has 1 aliphatic rings. The fourth-order valence-corrected chi connectivity index (χ4v) is 4.98. The summed E-state index contributed by atoms with van der Waals surface area (Å²) in [6, 6.07) is 5.28. The molecule has 1 saturated carbocycles. The molecule has 2 rings (SSSR count). The third-order valence-corrected chi connectivity index (χ3v) is 6.39. The third kappa shape index (κ3) is 3.58. The SMILES string of the molecule is COCCN(C1CC1)S(=O)(=O)c1cc(Br)ccc1Br. The normalized spacial score (nSPS) is 16.0. The number of hydrogen-bond acceptors (Lipinski definition) is 3. The van der Waals surface area contributed by atoms with Crippen molar-refractivity contribution in [1.82, 2.24) is 4.31 Å². The fraction of sp³-hybridized carbons (Fsp3) is 0.500. The molecule has 1 aromatic carbocycles. The summed E-state index contributed by atoms with van der Waals surface area (Å²) in [6.45, 7) is 0.795. The van der Waals surface area contributed by atoms with Gasteiger partial charge < -0.3 is 4.74 Å². The lowest BCUT2D eigenvalue weighted by Crippen LogP contribution is -2.36. The number of halogens is 2. The maximum Gasteiger partial charge on any atom is 0.244 e. The van der Waals surface area contributed by atoms with Gasteiger partial charge in [0.25, 0.3) is 0 Å². The molecule has 0 atom stereocenters. The van der Waals surface area contributed by atoms with Crippen molar-refractivity contribution in [3.63, 3.8) is 0 Å². The van der Waals surface area contributed by atoms with Crippen molar-refractivity contribution in [2.45, 2.75) is 23.8 Å². The highest BCUT2D eigenvalue weighted by Gasteiger charge is 2.38. The van der Waals surface area contributed by atoms with Crippen LogP contribution in [0.25, 0.3) is 0 Å². The van der Waals surface area contributed by atoms with Crippen molar-refractivity contribution in [3.8, 4) is 0 Å². The number of sulfonamides is 1. The minimum atomic E-state index is -3.49. The van der Waals surface area contributed by atoms with Crippen molar-refractivity contribution in [1.29, 1.82) is 0 Å². The van der Waals surface area contributed by atoms with E-state index in [0.717, 1.165) is 17.3 Å². The summed E-state index contributed by atoms with van der Waals surface area (Å²) in [5.41, 5.74) is 0. The monoisotopic (exact) mass is 411 g/mol. The Hall–Kier alpha value is 0.0500. The standard InChI is InChI=1S/C12H15Br2NO3S/c1-18-7-6-15(10-3-4-10)19(16,17)12-8-9(13)2-5-11(12)14/h2,5,8,10H,3-4,6-7H2,1H3. The highest BCUT2D eigenvalue weighted by Crippen LogP contribution is 2.35. The maximum absolute atomic E-state index is 12.7. The van der Waals surface area contributed by atoms with Gasteiger partial charge >= 0.3 is 0 Å². The van der Waals surface area contributed by atoms with Crippen LogP contribution in [0.2, 0.25) is 0 Å². The number of nitrogens with zero attached hydrogens (tertiary/aromatic N) is 1. The van der Waals surface area contributed by atoms with Crippen LogP contribution in [0, 0.1) is 0 Å². The van der Waals surface area contributed by atoms with Crippen molar-refractivity contribution in [2.75, 3.05) is 20.3 Å². The lowest BCUT2D eigenvalue weighted by molar-refractivity contribution is 0.177. The molecule has 0 unspecified atom stereocenters. The van der Waals surface area contributed by atoms with E-state index in [1.807, 2.05) is 0 Å². The van der Waals surface area contributed by atoms with Gasteiger partial charge in [0.2, 0.25) is 10.0 Å². The highest BCUT2D eigenvalue weighted by molar-refractivity contribution is 9.11. The van der Waals surface area contributed by atoms with Crippen molar-refractivity contribution < 1.29 is 13.2 Å². The lowest BCUT2D eigenvalue weighted by atomic mass is 10.4. The average Bonchev–Trinajstić information content (AvgIpc) is 3.17. The molecular formula is C12H15Br2NO3S. The van der Waals surface area contributed by atoms with Gasteiger partial charge in [-0.2, -0.15) is 4.31 Å². The van der Waals surface area contributed by atoms with Gasteiger partial charge in [-0.3, -0.25) is 0 Å². The molecular weight excluding hydrogens is 398 g/mol. The predicted molar refractivity (Wildman–Crippen MR) is 80.6 cm³/mol. The number of hydrogen-bond donors (Lipinski definition) is 0. The molecule has 4 nitrogen and oxygen atoms in total. The Bertz CT molecular complexity index is 558. The van der Waals surface area contributed by atoms with Crippen LogP contribution in [0.4, 0.5) is 0 Å². The molecule has 0 spiro atoms. The van der Waals surface area contributed by atoms with Crippen LogP contribution in [-0.4, -0.2) is 39.0 Å². The van der Waals surface area contributed by atoms with Crippen LogP contribution in [0.15, 0.2) is 32.0 Å². The van der Waals surface area contributed by atoms with Crippen LogP contribution in [-0.2, 0) is 14.8 Å². The highest BCUT2D eigenvalue weighted by atomic mass is 79.9. The van der Waals surface area contributed by atoms with E-state index in [1.54, 1.807) is 29.6 Å². The van der Waals surface area contributed by atoms with E-state index in [0.29, 0.717) is 22.5 Å². The van der Waals surface area contributed by atoms with E-state index in [-0.39, 0.29) is 6.04 Å². The minimum absolute atomic E-state index is 0.117. The molecule has 1 aromatic rings. The zero-order chi connectivity index (χ0) is 14.0. The van der Waals surface area contributed by atoms with E-state index in [2.05, 4.69) is 31.9 Å². The minimum Gasteiger partial charge on any atom is -0.383 e. The summed E-state index contributed by atoms with van der Waals surface area (Å²) < 4.78 is 33.3. The van der Waals surface area contributed by atoms with E-state index in [4.69, 9.17) is 4.74 Å². The first-order valence-electron chi connectivity index (χ1n) is 5.92. The Morgan fingerprint density at radius 3 is 2.63 bits per heavy atom. The molecule has 0 heterocycles. The van der Waals surface area contributed by atoms with Gasteiger partial charge in [0.1, 0.15) is 0 Å². The Morgan fingerprint density at radius 2 is 2.05 bits per heavy atom. The van der Waals surface area contributed by atoms with Gasteiger partial charge in [0.05, 0.1) is 11.5 Å². The fourth-order valence-electron chi connectivity index (χ4n) is 1.84. The second-order valence-electron chi connectivity index (χ2n) is 4.41. The summed E-state index contributed by atoms with van der Waals surface area (Å²) in [6.07, 6.45) is 1.85. The van der Waals surface area contributed by atoms with E-state index in [1.165, 1.54) is 0 Å². The molecule has 0 aliphatic heterocycles. The summed E-state index contributed by atoms with van der Waals surface area (Å²) in [5, 5.41) is 0. The Balaban J connectivity index is 2.35. The molecule has 0 amide bonds. The van der Waals surface area contributed by atoms with Gasteiger partial charge in [-0.25, -0.2) is 8.42 Å². The number of methoxy groups -OCH3 is 1. The molecule has 1 aliphatic carbocycles. The zero-order valence-corrected chi connectivity index (χ0v) is 14.5. The Kier molecular flexibility index (Phi) is 5.05. The third-order valence-electron chi connectivity index (χ3n) is 2.95. The van der Waals surface area contributed by atoms with Crippen LogP contribution < -0.4 is 0 Å². The molecule has 1 fully saturated rings. The molecule has 7 heteroatoms. The average molecular weight is 413 g/mol. The zero-order valence-electron chi connectivity index (χ0n) is 10.5. The molecule has 19 heavy (non-hydrogen) atoms. The quantitative estimate of drug-likeness (QED) is 0.721. The first-order chi connectivity index (χ1) is 8.96. The van der Waals surface area contributed by atoms with Crippen LogP contribution in [0.1, 0.15) is 12.8 Å². The van der Waals surface area contributed by atoms with Crippen LogP contribution in [0.3, 0.4) is 0 Å². The molecule has 0 saturated heterocycles. The summed E-state index contributed by atoms with van der Waals surface area (Å²) >= 11 is 6.63. The van der Waals surface area contributed by atoms with Crippen molar-refractivity contribution in [3.05, 3.63) is 27.1 Å². The van der Waals surface area contributed by atoms with Crippen molar-refractivity contribution in [2.24, 2.45) is 0 Å². The molecule has 0 aromatic heterocycles. The predicted octanol–water partition coefficient (Wildman–Crippen LogP) is 3.01. The first kappa shape index (κ1) is 15.4. The lowest BCUT2D eigenvalue weighted by Gasteiger charge is -2.22. The van der Waals surface area contributed by atoms with Gasteiger partial charge in [-0.1, -0.05) is 15.9 Å². The number of rotatable bonds is 6. The van der Waals surface area contributed by atoms with Crippen molar-refractivity contribution >= 4 is 41.9 Å². The van der Waals surface area contributed by atoms with Gasteiger partial charge in [0, 0.05) is 28.6 Å². The topological polar surface area (TPSA) is 46.6 Å². The molecule has 0 bridgehead atoms. The number of ether oxygens (including phenoxy) is 1. The summed E-state index contributed by atoms with van der Waals surface area (Å²) in [7, 11) is -1.91. The second-order valence-corrected chi connectivity index (χ2v) is 8.04. The number of benzene rings is 1. The first-order valence-corrected chi connectivity index (χ1v) is 8.95. The summed E-state index contributed by atoms with van der Waals surface area (Å²) in [4.78, 5) is 0.296. The van der Waals surface area contributed by atoms with E-state index >= 15 is 0 Å². The van der Waals surface area contributed by atoms with Gasteiger partial charge in [-0.05, 0) is 47.0 Å². The smallest absolute Gasteiger partial charge is 0.244 e. The van der Waals surface area contributed by atoms with Crippen LogP contribution in [0.5, 0.6) is 0 Å². The van der Waals surface area contributed by atoms with Crippen LogP contribution >= 0.6 is 31.9 Å². The Labute approximate surface area is 130 Å². The Morgan fingerprint density at radius 1 is 1.37 bits per heavy atom. The molecule has 0 radical (unpaired) electrons. The largest absolute Gasteiger partial charge is 0.383 e. The maximum atomic E-state index is 12.7. The van der Waals surface area contributed by atoms with E-state index < -0.39 is 10.0 Å². The van der Waals surface area contributed by atoms with Gasteiger partial charge in [-0.15, -0.1) is 0 Å². The second kappa shape index (κ2) is 6.22. The summed E-state index contributed by atoms with van der Waals surface area (Å²) in [5.74, 6) is 0. The molecule has 0 N–H and O–H groups in total. The molecule has 106 valence electrons.